The Morgan fingerprint density at radius 3 is 2.75 bits per heavy atom. The highest BCUT2D eigenvalue weighted by Gasteiger charge is 2.19. The predicted octanol–water partition coefficient (Wildman–Crippen LogP) is 2.10. The number of piperidine rings is 1. The van der Waals surface area contributed by atoms with Crippen LogP contribution < -0.4 is 10.6 Å². The molecule has 2 N–H and O–H groups in total. The van der Waals surface area contributed by atoms with Crippen LogP contribution in [0.4, 0.5) is 0 Å². The van der Waals surface area contributed by atoms with E-state index < -0.39 is 0 Å². The molecule has 0 aromatic carbocycles. The Kier molecular flexibility index (Phi) is 7.77. The first-order valence-electron chi connectivity index (χ1n) is 6.10. The molecule has 16 heavy (non-hydrogen) atoms. The summed E-state index contributed by atoms with van der Waals surface area (Å²) in [6.45, 7) is 7.50. The molecule has 4 heteroatoms. The molecule has 1 aliphatic rings. The van der Waals surface area contributed by atoms with Crippen LogP contribution in [-0.2, 0) is 4.79 Å². The largest absolute Gasteiger partial charge is 0.353 e. The van der Waals surface area contributed by atoms with Crippen LogP contribution in [-0.4, -0.2) is 24.5 Å². The smallest absolute Gasteiger partial charge is 0.220 e. The van der Waals surface area contributed by atoms with E-state index >= 15 is 0 Å². The highest BCUT2D eigenvalue weighted by molar-refractivity contribution is 5.85. The Morgan fingerprint density at radius 1 is 1.50 bits per heavy atom. The lowest BCUT2D eigenvalue weighted by Crippen LogP contribution is -2.46. The lowest BCUT2D eigenvalue weighted by atomic mass is 10.00. The van der Waals surface area contributed by atoms with Gasteiger partial charge in [0.2, 0.25) is 5.91 Å². The molecule has 1 fully saturated rings. The summed E-state index contributed by atoms with van der Waals surface area (Å²) in [5.41, 5.74) is 0. The molecule has 0 radical (unpaired) electrons. The summed E-state index contributed by atoms with van der Waals surface area (Å²) in [6, 6.07) is 0.926. The van der Waals surface area contributed by atoms with Gasteiger partial charge in [-0.15, -0.1) is 12.4 Å². The number of nitrogens with one attached hydrogen (secondary N) is 2. The van der Waals surface area contributed by atoms with Gasteiger partial charge in [-0.3, -0.25) is 4.79 Å². The van der Waals surface area contributed by atoms with Crippen molar-refractivity contribution in [2.45, 2.75) is 58.5 Å². The van der Waals surface area contributed by atoms with E-state index in [1.165, 1.54) is 0 Å². The van der Waals surface area contributed by atoms with Gasteiger partial charge in [-0.05, 0) is 38.6 Å². The fourth-order valence-electron chi connectivity index (χ4n) is 1.98. The molecule has 1 saturated heterocycles. The maximum Gasteiger partial charge on any atom is 0.220 e. The monoisotopic (exact) mass is 248 g/mol. The number of hydrogen-bond donors (Lipinski definition) is 2. The molecule has 96 valence electrons. The van der Waals surface area contributed by atoms with Crippen molar-refractivity contribution in [3.63, 3.8) is 0 Å². The second kappa shape index (κ2) is 7.91. The van der Waals surface area contributed by atoms with E-state index in [0.717, 1.165) is 25.8 Å². The van der Waals surface area contributed by atoms with E-state index in [1.54, 1.807) is 0 Å². The van der Waals surface area contributed by atoms with E-state index in [-0.39, 0.29) is 18.3 Å². The lowest BCUT2D eigenvalue weighted by molar-refractivity contribution is -0.122. The molecule has 2 atom stereocenters. The van der Waals surface area contributed by atoms with Crippen molar-refractivity contribution in [3.05, 3.63) is 0 Å². The Labute approximate surface area is 105 Å². The van der Waals surface area contributed by atoms with Crippen LogP contribution >= 0.6 is 12.4 Å². The summed E-state index contributed by atoms with van der Waals surface area (Å²) in [5, 5.41) is 6.51. The van der Waals surface area contributed by atoms with E-state index in [2.05, 4.69) is 31.4 Å². The van der Waals surface area contributed by atoms with E-state index in [4.69, 9.17) is 0 Å². The third-order valence-corrected chi connectivity index (χ3v) is 2.94. The molecule has 1 amide bonds. The topological polar surface area (TPSA) is 41.1 Å². The fraction of sp³-hybridized carbons (Fsp3) is 0.917. The van der Waals surface area contributed by atoms with Gasteiger partial charge < -0.3 is 10.6 Å². The maximum absolute atomic E-state index is 11.6. The van der Waals surface area contributed by atoms with Crippen LogP contribution in [0, 0.1) is 5.92 Å². The summed E-state index contributed by atoms with van der Waals surface area (Å²) in [4.78, 5) is 11.6. The Morgan fingerprint density at radius 2 is 2.19 bits per heavy atom. The average molecular weight is 249 g/mol. The fourth-order valence-corrected chi connectivity index (χ4v) is 1.98. The summed E-state index contributed by atoms with van der Waals surface area (Å²) in [7, 11) is 0. The van der Waals surface area contributed by atoms with Crippen molar-refractivity contribution in [2.24, 2.45) is 5.92 Å². The standard InChI is InChI=1S/C12H24N2O.ClH/c1-9(2)4-5-12(15)14-11-6-7-13-10(3)8-11;/h9-11,13H,4-8H2,1-3H3,(H,14,15);1H. The Bertz CT molecular complexity index is 209. The maximum atomic E-state index is 11.6. The zero-order valence-corrected chi connectivity index (χ0v) is 11.4. The minimum atomic E-state index is 0. The minimum absolute atomic E-state index is 0. The van der Waals surface area contributed by atoms with Gasteiger partial charge in [0, 0.05) is 18.5 Å². The van der Waals surface area contributed by atoms with Gasteiger partial charge in [-0.2, -0.15) is 0 Å². The molecule has 0 saturated carbocycles. The minimum Gasteiger partial charge on any atom is -0.353 e. The second-order valence-corrected chi connectivity index (χ2v) is 5.08. The van der Waals surface area contributed by atoms with Crippen LogP contribution in [0.1, 0.15) is 46.5 Å². The third kappa shape index (κ3) is 6.33. The number of halogens is 1. The van der Waals surface area contributed by atoms with Gasteiger partial charge in [0.05, 0.1) is 0 Å². The molecule has 1 aliphatic heterocycles. The van der Waals surface area contributed by atoms with Crippen LogP contribution in [0.5, 0.6) is 0 Å². The Balaban J connectivity index is 0.00000225. The van der Waals surface area contributed by atoms with Crippen molar-refractivity contribution in [3.8, 4) is 0 Å². The molecule has 1 heterocycles. The molecular weight excluding hydrogens is 224 g/mol. The van der Waals surface area contributed by atoms with Crippen molar-refractivity contribution in [1.29, 1.82) is 0 Å². The SMILES string of the molecule is CC(C)CCC(=O)NC1CCNC(C)C1.Cl. The molecular formula is C12H25ClN2O. The highest BCUT2D eigenvalue weighted by Crippen LogP contribution is 2.09. The van der Waals surface area contributed by atoms with Crippen LogP contribution in [0.2, 0.25) is 0 Å². The van der Waals surface area contributed by atoms with Gasteiger partial charge in [0.15, 0.2) is 0 Å². The van der Waals surface area contributed by atoms with E-state index in [9.17, 15) is 4.79 Å². The van der Waals surface area contributed by atoms with E-state index in [1.807, 2.05) is 0 Å². The number of amides is 1. The van der Waals surface area contributed by atoms with Crippen LogP contribution in [0.15, 0.2) is 0 Å². The molecule has 0 spiro atoms. The first-order chi connectivity index (χ1) is 7.08. The van der Waals surface area contributed by atoms with Gasteiger partial charge in [0.1, 0.15) is 0 Å². The summed E-state index contributed by atoms with van der Waals surface area (Å²) in [5.74, 6) is 0.838. The van der Waals surface area contributed by atoms with Gasteiger partial charge in [-0.1, -0.05) is 13.8 Å². The summed E-state index contributed by atoms with van der Waals surface area (Å²) >= 11 is 0. The predicted molar refractivity (Wildman–Crippen MR) is 69.9 cm³/mol. The van der Waals surface area contributed by atoms with Gasteiger partial charge in [0.25, 0.3) is 0 Å². The second-order valence-electron chi connectivity index (χ2n) is 5.08. The van der Waals surface area contributed by atoms with E-state index in [0.29, 0.717) is 24.4 Å². The van der Waals surface area contributed by atoms with Crippen LogP contribution in [0.3, 0.4) is 0 Å². The molecule has 2 unspecified atom stereocenters. The summed E-state index contributed by atoms with van der Waals surface area (Å²) in [6.07, 6.45) is 3.80. The number of rotatable bonds is 4. The number of carbonyl (C=O) groups excluding carboxylic acids is 1. The molecule has 0 aromatic heterocycles. The first-order valence-corrected chi connectivity index (χ1v) is 6.10. The van der Waals surface area contributed by atoms with Crippen molar-refractivity contribution in [1.82, 2.24) is 10.6 Å². The Hall–Kier alpha value is -0.280. The highest BCUT2D eigenvalue weighted by atomic mass is 35.5. The van der Waals surface area contributed by atoms with Gasteiger partial charge >= 0.3 is 0 Å². The zero-order chi connectivity index (χ0) is 11.3. The molecule has 1 rings (SSSR count). The van der Waals surface area contributed by atoms with Crippen molar-refractivity contribution >= 4 is 18.3 Å². The lowest BCUT2D eigenvalue weighted by Gasteiger charge is -2.28. The van der Waals surface area contributed by atoms with Crippen molar-refractivity contribution < 1.29 is 4.79 Å². The summed E-state index contributed by atoms with van der Waals surface area (Å²) < 4.78 is 0. The molecule has 0 aromatic rings. The zero-order valence-electron chi connectivity index (χ0n) is 10.6. The van der Waals surface area contributed by atoms with Crippen LogP contribution in [0.25, 0.3) is 0 Å². The molecule has 0 bridgehead atoms. The van der Waals surface area contributed by atoms with Gasteiger partial charge in [-0.25, -0.2) is 0 Å². The number of hydrogen-bond acceptors (Lipinski definition) is 2. The normalized spacial score (nSPS) is 25.0. The van der Waals surface area contributed by atoms with Crippen molar-refractivity contribution in [2.75, 3.05) is 6.54 Å². The molecule has 3 nitrogen and oxygen atoms in total. The average Bonchev–Trinajstić information content (AvgIpc) is 2.15. The quantitative estimate of drug-likeness (QED) is 0.800. The third-order valence-electron chi connectivity index (χ3n) is 2.94. The number of carbonyl (C=O) groups is 1. The first kappa shape index (κ1) is 15.7. The molecule has 0 aliphatic carbocycles.